The first kappa shape index (κ1) is 21.1. The number of methoxy groups -OCH3 is 2. The van der Waals surface area contributed by atoms with E-state index in [1.807, 2.05) is 30.4 Å². The van der Waals surface area contributed by atoms with E-state index in [1.54, 1.807) is 7.11 Å². The molecule has 9 nitrogen and oxygen atoms in total. The van der Waals surface area contributed by atoms with E-state index >= 15 is 0 Å². The van der Waals surface area contributed by atoms with Gasteiger partial charge in [-0.1, -0.05) is 12.1 Å². The van der Waals surface area contributed by atoms with Crippen LogP contribution in [0.15, 0.2) is 18.6 Å². The molecule has 164 valence electrons. The molecule has 4 atom stereocenters. The third-order valence-electron chi connectivity index (χ3n) is 6.30. The van der Waals surface area contributed by atoms with Gasteiger partial charge in [0.05, 0.1) is 24.9 Å². The van der Waals surface area contributed by atoms with Gasteiger partial charge < -0.3 is 14.8 Å². The lowest BCUT2D eigenvalue weighted by Gasteiger charge is -2.37. The van der Waals surface area contributed by atoms with Crippen molar-refractivity contribution in [3.63, 3.8) is 0 Å². The third kappa shape index (κ3) is 4.79. The third-order valence-corrected chi connectivity index (χ3v) is 6.30. The number of likely N-dealkylation sites (tertiary alicyclic amines) is 1. The van der Waals surface area contributed by atoms with Crippen LogP contribution < -0.4 is 5.32 Å². The topological polar surface area (TPSA) is 90.2 Å². The second-order valence-electron chi connectivity index (χ2n) is 8.49. The molecule has 2 aliphatic rings. The van der Waals surface area contributed by atoms with Crippen molar-refractivity contribution in [2.45, 2.75) is 51.5 Å². The summed E-state index contributed by atoms with van der Waals surface area (Å²) in [6.07, 6.45) is 9.23. The molecule has 0 aromatic carbocycles. The molecule has 4 rings (SSSR count). The summed E-state index contributed by atoms with van der Waals surface area (Å²) >= 11 is 0. The maximum atomic E-state index is 5.87. The minimum atomic E-state index is 0.163. The van der Waals surface area contributed by atoms with Gasteiger partial charge in [-0.15, -0.1) is 5.10 Å². The number of nitrogens with zero attached hydrogens (tertiary/aromatic N) is 6. The fourth-order valence-corrected chi connectivity index (χ4v) is 4.86. The van der Waals surface area contributed by atoms with E-state index in [2.05, 4.69) is 37.4 Å². The molecule has 0 amide bonds. The first-order valence-corrected chi connectivity index (χ1v) is 10.9. The van der Waals surface area contributed by atoms with Crippen LogP contribution in [0.1, 0.15) is 43.5 Å². The molecule has 9 heteroatoms. The largest absolute Gasteiger partial charge is 0.379 e. The summed E-state index contributed by atoms with van der Waals surface area (Å²) in [6, 6.07) is 0.224. The summed E-state index contributed by atoms with van der Waals surface area (Å²) in [7, 11) is 3.48. The molecule has 1 N–H and O–H groups in total. The number of nitrogens with one attached hydrogen (secondary N) is 1. The molecule has 1 aliphatic carbocycles. The van der Waals surface area contributed by atoms with Crippen molar-refractivity contribution in [1.29, 1.82) is 0 Å². The Kier molecular flexibility index (Phi) is 6.91. The average molecular weight is 416 g/mol. The molecule has 1 saturated heterocycles. The van der Waals surface area contributed by atoms with E-state index in [0.717, 1.165) is 56.7 Å². The van der Waals surface area contributed by atoms with Crippen LogP contribution in [-0.4, -0.2) is 69.8 Å². The Labute approximate surface area is 178 Å². The van der Waals surface area contributed by atoms with E-state index in [-0.39, 0.29) is 12.1 Å². The van der Waals surface area contributed by atoms with E-state index in [9.17, 15) is 0 Å². The van der Waals surface area contributed by atoms with Gasteiger partial charge in [-0.25, -0.2) is 14.6 Å². The number of aromatic nitrogens is 5. The summed E-state index contributed by atoms with van der Waals surface area (Å²) in [5.74, 6) is 2.00. The standard InChI is InChI=1S/C21H33N7O2/c1-4-5-22-21-23-8-15(9-24-21)10-27-11-16-6-19(20(30-3)7-17(16)12-27)28-13-18(14-29-2)25-26-28/h8-9,13,16-17,19-20H,4-7,10-12,14H2,1-3H3,(H,22,23,24)/t16-,17+,19-,20-/m1/s1. The highest BCUT2D eigenvalue weighted by Gasteiger charge is 2.43. The molecule has 0 bridgehead atoms. The molecule has 0 unspecified atom stereocenters. The van der Waals surface area contributed by atoms with Gasteiger partial charge in [-0.05, 0) is 31.1 Å². The van der Waals surface area contributed by atoms with Crippen LogP contribution in [0.4, 0.5) is 5.95 Å². The predicted molar refractivity (Wildman–Crippen MR) is 113 cm³/mol. The summed E-state index contributed by atoms with van der Waals surface area (Å²) < 4.78 is 13.0. The minimum Gasteiger partial charge on any atom is -0.379 e. The van der Waals surface area contributed by atoms with E-state index in [0.29, 0.717) is 24.4 Å². The van der Waals surface area contributed by atoms with Crippen LogP contribution in [0.25, 0.3) is 0 Å². The van der Waals surface area contributed by atoms with Crippen molar-refractivity contribution in [3.8, 4) is 0 Å². The van der Waals surface area contributed by atoms with Crippen molar-refractivity contribution < 1.29 is 9.47 Å². The van der Waals surface area contributed by atoms with Crippen LogP contribution in [0.5, 0.6) is 0 Å². The zero-order chi connectivity index (χ0) is 20.9. The summed E-state index contributed by atoms with van der Waals surface area (Å²) in [4.78, 5) is 11.4. The first-order valence-electron chi connectivity index (χ1n) is 10.9. The van der Waals surface area contributed by atoms with Gasteiger partial charge in [0.15, 0.2) is 0 Å². The quantitative estimate of drug-likeness (QED) is 0.666. The van der Waals surface area contributed by atoms with Crippen molar-refractivity contribution >= 4 is 5.95 Å². The number of rotatable bonds is 9. The Morgan fingerprint density at radius 1 is 1.13 bits per heavy atom. The average Bonchev–Trinajstić information content (AvgIpc) is 3.38. The molecule has 30 heavy (non-hydrogen) atoms. The van der Waals surface area contributed by atoms with E-state index in [4.69, 9.17) is 9.47 Å². The van der Waals surface area contributed by atoms with E-state index in [1.165, 1.54) is 0 Å². The lowest BCUT2D eigenvalue weighted by atomic mass is 9.77. The lowest BCUT2D eigenvalue weighted by molar-refractivity contribution is -0.00548. The second kappa shape index (κ2) is 9.80. The summed E-state index contributed by atoms with van der Waals surface area (Å²) in [5, 5.41) is 11.8. The monoisotopic (exact) mass is 415 g/mol. The van der Waals surface area contributed by atoms with Crippen molar-refractivity contribution in [2.24, 2.45) is 11.8 Å². The smallest absolute Gasteiger partial charge is 0.222 e. The van der Waals surface area contributed by atoms with Crippen LogP contribution in [0, 0.1) is 11.8 Å². The normalized spacial score (nSPS) is 26.6. The van der Waals surface area contributed by atoms with Gasteiger partial charge in [0.2, 0.25) is 5.95 Å². The zero-order valence-electron chi connectivity index (χ0n) is 18.2. The summed E-state index contributed by atoms with van der Waals surface area (Å²) in [5.41, 5.74) is 2.02. The molecule has 2 aromatic heterocycles. The van der Waals surface area contributed by atoms with Crippen LogP contribution in [0.3, 0.4) is 0 Å². The lowest BCUT2D eigenvalue weighted by Crippen LogP contribution is -2.37. The Morgan fingerprint density at radius 3 is 2.60 bits per heavy atom. The Morgan fingerprint density at radius 2 is 1.90 bits per heavy atom. The number of anilines is 1. The van der Waals surface area contributed by atoms with Gasteiger partial charge >= 0.3 is 0 Å². The van der Waals surface area contributed by atoms with Crippen molar-refractivity contribution in [1.82, 2.24) is 29.9 Å². The second-order valence-corrected chi connectivity index (χ2v) is 8.49. The van der Waals surface area contributed by atoms with Crippen molar-refractivity contribution in [2.75, 3.05) is 39.2 Å². The van der Waals surface area contributed by atoms with Crippen LogP contribution >= 0.6 is 0 Å². The van der Waals surface area contributed by atoms with Crippen molar-refractivity contribution in [3.05, 3.63) is 29.8 Å². The molecular formula is C21H33N7O2. The minimum absolute atomic E-state index is 0.163. The highest BCUT2D eigenvalue weighted by molar-refractivity contribution is 5.24. The maximum absolute atomic E-state index is 5.87. The van der Waals surface area contributed by atoms with Crippen LogP contribution in [-0.2, 0) is 22.6 Å². The molecule has 1 saturated carbocycles. The Bertz CT molecular complexity index is 797. The Hall–Kier alpha value is -2.10. The fourth-order valence-electron chi connectivity index (χ4n) is 4.86. The molecule has 1 aliphatic heterocycles. The number of hydrogen-bond acceptors (Lipinski definition) is 8. The van der Waals surface area contributed by atoms with Gasteiger partial charge in [0.25, 0.3) is 0 Å². The molecule has 2 fully saturated rings. The molecule has 3 heterocycles. The van der Waals surface area contributed by atoms with Gasteiger partial charge in [-0.3, -0.25) is 4.90 Å². The Balaban J connectivity index is 1.37. The highest BCUT2D eigenvalue weighted by Crippen LogP contribution is 2.42. The predicted octanol–water partition coefficient (Wildman–Crippen LogP) is 2.13. The highest BCUT2D eigenvalue weighted by atomic mass is 16.5. The fraction of sp³-hybridized carbons (Fsp3) is 0.714. The molecule has 2 aromatic rings. The molecule has 0 radical (unpaired) electrons. The zero-order valence-corrected chi connectivity index (χ0v) is 18.2. The number of ether oxygens (including phenoxy) is 2. The van der Waals surface area contributed by atoms with Gasteiger partial charge in [0.1, 0.15) is 5.69 Å². The SMILES string of the molecule is CCCNc1ncc(CN2C[C@H]3C[C@@H](n4cc(COC)nn4)[C@H](OC)C[C@H]3C2)cn1. The van der Waals surface area contributed by atoms with Gasteiger partial charge in [-0.2, -0.15) is 0 Å². The molecule has 0 spiro atoms. The number of fused-ring (bicyclic) bond motifs is 1. The van der Waals surface area contributed by atoms with Gasteiger partial charge in [0, 0.05) is 58.4 Å². The van der Waals surface area contributed by atoms with E-state index < -0.39 is 0 Å². The summed E-state index contributed by atoms with van der Waals surface area (Å²) in [6.45, 7) is 6.60. The molecular weight excluding hydrogens is 382 g/mol. The maximum Gasteiger partial charge on any atom is 0.222 e. The first-order chi connectivity index (χ1) is 14.7. The number of hydrogen-bond donors (Lipinski definition) is 1. The van der Waals surface area contributed by atoms with Crippen LogP contribution in [0.2, 0.25) is 0 Å².